The van der Waals surface area contributed by atoms with Gasteiger partial charge < -0.3 is 20.1 Å². The second-order valence-electron chi connectivity index (χ2n) is 6.13. The molecule has 9 heteroatoms. The lowest BCUT2D eigenvalue weighted by atomic mass is 10.1. The van der Waals surface area contributed by atoms with E-state index in [1.807, 2.05) is 0 Å². The fourth-order valence-corrected chi connectivity index (χ4v) is 3.79. The number of thiophene rings is 1. The Bertz CT molecular complexity index is 1080. The molecule has 0 bridgehead atoms. The van der Waals surface area contributed by atoms with E-state index in [0.717, 1.165) is 11.3 Å². The Labute approximate surface area is 176 Å². The maximum absolute atomic E-state index is 12.8. The number of amides is 2. The van der Waals surface area contributed by atoms with Gasteiger partial charge in [0.1, 0.15) is 10.8 Å². The Kier molecular flexibility index (Phi) is 6.43. The largest absolute Gasteiger partial charge is 0.497 e. The molecule has 2 N–H and O–H groups in total. The molecule has 154 valence electrons. The van der Waals surface area contributed by atoms with Crippen LogP contribution in [0.15, 0.2) is 48.8 Å². The molecule has 0 radical (unpaired) electrons. The van der Waals surface area contributed by atoms with E-state index in [-0.39, 0.29) is 15.4 Å². The highest BCUT2D eigenvalue weighted by molar-refractivity contribution is 7.19. The highest BCUT2D eigenvalue weighted by Gasteiger charge is 2.26. The van der Waals surface area contributed by atoms with Crippen LogP contribution in [0.5, 0.6) is 5.75 Å². The van der Waals surface area contributed by atoms with Crippen molar-refractivity contribution in [2.24, 2.45) is 0 Å². The quantitative estimate of drug-likeness (QED) is 0.583. The van der Waals surface area contributed by atoms with Crippen LogP contribution in [0.25, 0.3) is 0 Å². The van der Waals surface area contributed by atoms with E-state index in [4.69, 9.17) is 9.47 Å². The van der Waals surface area contributed by atoms with Crippen molar-refractivity contribution in [3.8, 4) is 5.75 Å². The van der Waals surface area contributed by atoms with E-state index < -0.39 is 17.8 Å². The zero-order chi connectivity index (χ0) is 21.7. The summed E-state index contributed by atoms with van der Waals surface area (Å²) in [7, 11) is 2.79. The number of pyridine rings is 1. The number of carbonyl (C=O) groups excluding carboxylic acids is 3. The summed E-state index contributed by atoms with van der Waals surface area (Å²) in [6.45, 7) is 1.63. The van der Waals surface area contributed by atoms with Gasteiger partial charge in [0.15, 0.2) is 0 Å². The van der Waals surface area contributed by atoms with Gasteiger partial charge in [-0.15, -0.1) is 11.3 Å². The van der Waals surface area contributed by atoms with Crippen LogP contribution in [-0.4, -0.2) is 37.0 Å². The van der Waals surface area contributed by atoms with Crippen molar-refractivity contribution in [1.82, 2.24) is 4.98 Å². The average Bonchev–Trinajstić information content (AvgIpc) is 3.10. The lowest BCUT2D eigenvalue weighted by Crippen LogP contribution is -2.14. The van der Waals surface area contributed by atoms with Gasteiger partial charge in [-0.1, -0.05) is 0 Å². The standard InChI is InChI=1S/C21H19N3O5S/c1-12-16(21(27)29-3)20(24-18(25)13-5-4-10-22-11-13)30-17(12)19(26)23-14-6-8-15(28-2)9-7-14/h4-11H,1-3H3,(H,23,26)(H,24,25). The zero-order valence-electron chi connectivity index (χ0n) is 16.5. The number of methoxy groups -OCH3 is 2. The zero-order valence-corrected chi connectivity index (χ0v) is 17.3. The molecule has 0 atom stereocenters. The van der Waals surface area contributed by atoms with E-state index in [9.17, 15) is 14.4 Å². The smallest absolute Gasteiger partial charge is 0.341 e. The first-order chi connectivity index (χ1) is 14.4. The Morgan fingerprint density at radius 2 is 1.73 bits per heavy atom. The molecule has 0 aliphatic rings. The molecule has 0 aliphatic carbocycles. The summed E-state index contributed by atoms with van der Waals surface area (Å²) in [5.41, 5.74) is 1.44. The molecule has 3 aromatic rings. The number of carbonyl (C=O) groups is 3. The van der Waals surface area contributed by atoms with Crippen molar-refractivity contribution in [2.75, 3.05) is 24.9 Å². The fourth-order valence-electron chi connectivity index (χ4n) is 2.70. The lowest BCUT2D eigenvalue weighted by molar-refractivity contribution is 0.0601. The molecule has 30 heavy (non-hydrogen) atoms. The van der Waals surface area contributed by atoms with E-state index in [1.54, 1.807) is 56.6 Å². The highest BCUT2D eigenvalue weighted by Crippen LogP contribution is 2.34. The summed E-state index contributed by atoms with van der Waals surface area (Å²) in [6.07, 6.45) is 2.96. The van der Waals surface area contributed by atoms with Crippen molar-refractivity contribution >= 4 is 39.8 Å². The second kappa shape index (κ2) is 9.19. The minimum absolute atomic E-state index is 0.139. The number of rotatable bonds is 6. The maximum atomic E-state index is 12.8. The van der Waals surface area contributed by atoms with Gasteiger partial charge in [-0.3, -0.25) is 14.6 Å². The summed E-state index contributed by atoms with van der Waals surface area (Å²) in [6, 6.07) is 10.1. The Balaban J connectivity index is 1.90. The molecule has 0 saturated carbocycles. The molecule has 0 saturated heterocycles. The molecule has 0 unspecified atom stereocenters. The fraction of sp³-hybridized carbons (Fsp3) is 0.143. The Morgan fingerprint density at radius 3 is 2.33 bits per heavy atom. The van der Waals surface area contributed by atoms with Crippen LogP contribution < -0.4 is 15.4 Å². The van der Waals surface area contributed by atoms with Gasteiger partial charge in [-0.05, 0) is 48.9 Å². The van der Waals surface area contributed by atoms with Crippen LogP contribution in [0.4, 0.5) is 10.7 Å². The van der Waals surface area contributed by atoms with Crippen LogP contribution in [0.2, 0.25) is 0 Å². The molecule has 8 nitrogen and oxygen atoms in total. The third-order valence-corrected chi connectivity index (χ3v) is 5.45. The summed E-state index contributed by atoms with van der Waals surface area (Å²) >= 11 is 0.998. The van der Waals surface area contributed by atoms with E-state index >= 15 is 0 Å². The maximum Gasteiger partial charge on any atom is 0.341 e. The number of esters is 1. The van der Waals surface area contributed by atoms with Crippen molar-refractivity contribution in [3.63, 3.8) is 0 Å². The molecule has 0 spiro atoms. The van der Waals surface area contributed by atoms with Gasteiger partial charge in [0.2, 0.25) is 0 Å². The van der Waals surface area contributed by atoms with Crippen molar-refractivity contribution in [3.05, 3.63) is 70.4 Å². The monoisotopic (exact) mass is 425 g/mol. The molecular weight excluding hydrogens is 406 g/mol. The van der Waals surface area contributed by atoms with Crippen molar-refractivity contribution < 1.29 is 23.9 Å². The number of benzene rings is 1. The van der Waals surface area contributed by atoms with Crippen LogP contribution in [0.1, 0.15) is 36.0 Å². The second-order valence-corrected chi connectivity index (χ2v) is 7.15. The van der Waals surface area contributed by atoms with Crippen molar-refractivity contribution in [2.45, 2.75) is 6.92 Å². The van der Waals surface area contributed by atoms with Gasteiger partial charge >= 0.3 is 5.97 Å². The molecule has 2 amide bonds. The topological polar surface area (TPSA) is 107 Å². The average molecular weight is 425 g/mol. The van der Waals surface area contributed by atoms with E-state index in [1.165, 1.54) is 13.3 Å². The normalized spacial score (nSPS) is 10.2. The van der Waals surface area contributed by atoms with Crippen LogP contribution >= 0.6 is 11.3 Å². The van der Waals surface area contributed by atoms with Crippen LogP contribution in [0, 0.1) is 6.92 Å². The third-order valence-electron chi connectivity index (χ3n) is 4.24. The van der Waals surface area contributed by atoms with Crippen molar-refractivity contribution in [1.29, 1.82) is 0 Å². The summed E-state index contributed by atoms with van der Waals surface area (Å²) < 4.78 is 9.94. The lowest BCUT2D eigenvalue weighted by Gasteiger charge is -2.06. The van der Waals surface area contributed by atoms with Gasteiger partial charge in [0.25, 0.3) is 11.8 Å². The Morgan fingerprint density at radius 1 is 1.00 bits per heavy atom. The first kappa shape index (κ1) is 21.0. The molecule has 0 fully saturated rings. The number of nitrogens with zero attached hydrogens (tertiary/aromatic N) is 1. The molecule has 0 aliphatic heterocycles. The number of hydrogen-bond acceptors (Lipinski definition) is 7. The highest BCUT2D eigenvalue weighted by atomic mass is 32.1. The van der Waals surface area contributed by atoms with E-state index in [2.05, 4.69) is 15.6 Å². The van der Waals surface area contributed by atoms with Gasteiger partial charge in [0.05, 0.1) is 30.2 Å². The predicted molar refractivity (Wildman–Crippen MR) is 114 cm³/mol. The summed E-state index contributed by atoms with van der Waals surface area (Å²) in [5, 5.41) is 5.68. The minimum Gasteiger partial charge on any atom is -0.497 e. The number of nitrogens with one attached hydrogen (secondary N) is 2. The molecule has 3 rings (SSSR count). The van der Waals surface area contributed by atoms with Gasteiger partial charge in [-0.25, -0.2) is 4.79 Å². The molecule has 2 heterocycles. The number of ether oxygens (including phenoxy) is 2. The van der Waals surface area contributed by atoms with Gasteiger partial charge in [-0.2, -0.15) is 0 Å². The Hall–Kier alpha value is -3.72. The minimum atomic E-state index is -0.645. The molecule has 2 aromatic heterocycles. The van der Waals surface area contributed by atoms with Crippen LogP contribution in [-0.2, 0) is 4.74 Å². The molecular formula is C21H19N3O5S. The SMILES string of the molecule is COC(=O)c1c(NC(=O)c2cccnc2)sc(C(=O)Nc2ccc(OC)cc2)c1C. The molecule has 1 aromatic carbocycles. The number of hydrogen-bond donors (Lipinski definition) is 2. The summed E-state index contributed by atoms with van der Waals surface area (Å²) in [4.78, 5) is 41.8. The first-order valence-electron chi connectivity index (χ1n) is 8.83. The number of aromatic nitrogens is 1. The summed E-state index contributed by atoms with van der Waals surface area (Å²) in [5.74, 6) is -0.839. The number of anilines is 2. The third kappa shape index (κ3) is 4.47. The first-order valence-corrected chi connectivity index (χ1v) is 9.64. The van der Waals surface area contributed by atoms with Crippen LogP contribution in [0.3, 0.4) is 0 Å². The van der Waals surface area contributed by atoms with E-state index in [0.29, 0.717) is 22.6 Å². The predicted octanol–water partition coefficient (Wildman–Crippen LogP) is 3.75. The van der Waals surface area contributed by atoms with Gasteiger partial charge in [0, 0.05) is 18.1 Å².